The van der Waals surface area contributed by atoms with Crippen LogP contribution in [0.25, 0.3) is 5.57 Å². The second-order valence-electron chi connectivity index (χ2n) is 6.96. The molecule has 2 nitrogen and oxygen atoms in total. The zero-order valence-corrected chi connectivity index (χ0v) is 22.7. The fourth-order valence-electron chi connectivity index (χ4n) is 2.71. The summed E-state index contributed by atoms with van der Waals surface area (Å²) in [6.07, 6.45) is -8.17. The standard InChI is InChI=1S/C21H14BrCl3F6N2S2/c22-14-5-10(1-3-12(14)19(35)32-8-17(34)33-9-20(26,27)28)2-4-13(21(29,30)31)11-6-15(23)18(25)16(24)7-11/h1,3-7H,2,8-9H2,(H,32,35)(H,33,34). The van der Waals surface area contributed by atoms with Gasteiger partial charge >= 0.3 is 12.4 Å². The molecule has 0 aliphatic carbocycles. The van der Waals surface area contributed by atoms with Gasteiger partial charge in [0.05, 0.1) is 32.2 Å². The van der Waals surface area contributed by atoms with Crippen LogP contribution in [0.5, 0.6) is 0 Å². The Morgan fingerprint density at radius 3 is 2.06 bits per heavy atom. The molecule has 0 heterocycles. The van der Waals surface area contributed by atoms with Gasteiger partial charge in [0.15, 0.2) is 0 Å². The van der Waals surface area contributed by atoms with E-state index in [0.717, 1.165) is 18.2 Å². The van der Waals surface area contributed by atoms with E-state index in [1.165, 1.54) is 0 Å². The second-order valence-corrected chi connectivity index (χ2v) is 9.91. The maximum atomic E-state index is 13.7. The molecule has 2 N–H and O–H groups in total. The Balaban J connectivity index is 2.15. The minimum Gasteiger partial charge on any atom is -0.369 e. The first-order valence-corrected chi connectivity index (χ1v) is 12.1. The van der Waals surface area contributed by atoms with Gasteiger partial charge in [0.25, 0.3) is 0 Å². The first-order valence-electron chi connectivity index (χ1n) is 9.41. The molecule has 0 aliphatic rings. The lowest BCUT2D eigenvalue weighted by atomic mass is 10.0. The van der Waals surface area contributed by atoms with Crippen molar-refractivity contribution in [3.05, 3.63) is 72.6 Å². The predicted molar refractivity (Wildman–Crippen MR) is 140 cm³/mol. The Morgan fingerprint density at radius 1 is 0.943 bits per heavy atom. The lowest BCUT2D eigenvalue weighted by molar-refractivity contribution is -0.121. The van der Waals surface area contributed by atoms with Gasteiger partial charge in [-0.3, -0.25) is 0 Å². The average Bonchev–Trinajstić information content (AvgIpc) is 2.73. The summed E-state index contributed by atoms with van der Waals surface area (Å²) in [4.78, 5) is 0.112. The van der Waals surface area contributed by atoms with Crippen molar-refractivity contribution >= 4 is 90.7 Å². The Bertz CT molecular complexity index is 1130. The molecule has 0 bridgehead atoms. The lowest BCUT2D eigenvalue weighted by Gasteiger charge is -2.15. The molecule has 14 heteroatoms. The highest BCUT2D eigenvalue weighted by molar-refractivity contribution is 9.10. The van der Waals surface area contributed by atoms with Crippen LogP contribution in [-0.2, 0) is 6.42 Å². The van der Waals surface area contributed by atoms with E-state index in [1.807, 2.05) is 0 Å². The van der Waals surface area contributed by atoms with Gasteiger partial charge < -0.3 is 10.6 Å². The summed E-state index contributed by atoms with van der Waals surface area (Å²) in [6.45, 7) is -1.39. The number of hydrogen-bond acceptors (Lipinski definition) is 2. The van der Waals surface area contributed by atoms with Gasteiger partial charge in [0.1, 0.15) is 11.5 Å². The molecule has 2 rings (SSSR count). The van der Waals surface area contributed by atoms with Gasteiger partial charge in [0, 0.05) is 10.0 Å². The molecule has 0 saturated heterocycles. The fourth-order valence-corrected chi connectivity index (χ4v) is 4.46. The van der Waals surface area contributed by atoms with Crippen molar-refractivity contribution in [1.29, 1.82) is 0 Å². The van der Waals surface area contributed by atoms with E-state index in [4.69, 9.17) is 59.2 Å². The summed E-state index contributed by atoms with van der Waals surface area (Å²) in [6, 6.07) is 6.90. The molecule has 0 amide bonds. The van der Waals surface area contributed by atoms with Crippen molar-refractivity contribution < 1.29 is 26.3 Å². The number of nitrogens with one attached hydrogen (secondary N) is 2. The van der Waals surface area contributed by atoms with Crippen LogP contribution in [0.15, 0.2) is 40.9 Å². The number of rotatable bonds is 7. The zero-order chi connectivity index (χ0) is 26.6. The van der Waals surface area contributed by atoms with Crippen LogP contribution < -0.4 is 10.6 Å². The first-order chi connectivity index (χ1) is 16.1. The summed E-state index contributed by atoms with van der Waals surface area (Å²) in [5, 5.41) is 4.55. The van der Waals surface area contributed by atoms with Gasteiger partial charge in [-0.25, -0.2) is 0 Å². The van der Waals surface area contributed by atoms with Crippen LogP contribution in [0, 0.1) is 0 Å². The molecule has 190 valence electrons. The van der Waals surface area contributed by atoms with Crippen LogP contribution in [0.3, 0.4) is 0 Å². The second kappa shape index (κ2) is 12.4. The first kappa shape index (κ1) is 30.1. The Kier molecular flexibility index (Phi) is 10.7. The van der Waals surface area contributed by atoms with E-state index < -0.39 is 24.5 Å². The Hall–Kier alpha value is -1.11. The average molecular weight is 659 g/mol. The third-order valence-corrected chi connectivity index (χ3v) is 6.82. The number of thiocarbonyl (C=S) groups is 2. The molecule has 0 radical (unpaired) electrons. The van der Waals surface area contributed by atoms with Crippen LogP contribution >= 0.6 is 75.2 Å². The maximum Gasteiger partial charge on any atom is 0.416 e. The molecule has 2 aromatic carbocycles. The summed E-state index contributed by atoms with van der Waals surface area (Å²) >= 11 is 31.0. The molecule has 0 saturated carbocycles. The highest BCUT2D eigenvalue weighted by Gasteiger charge is 2.35. The summed E-state index contributed by atoms with van der Waals surface area (Å²) in [5.74, 6) is 0. The van der Waals surface area contributed by atoms with Gasteiger partial charge in [0.2, 0.25) is 0 Å². The van der Waals surface area contributed by atoms with Crippen LogP contribution in [0.1, 0.15) is 16.7 Å². The number of hydrogen-bond donors (Lipinski definition) is 2. The normalized spacial score (nSPS) is 12.5. The minimum atomic E-state index is -4.68. The summed E-state index contributed by atoms with van der Waals surface area (Å²) in [7, 11) is 0. The summed E-state index contributed by atoms with van der Waals surface area (Å²) in [5.41, 5.74) is -0.152. The number of benzene rings is 2. The monoisotopic (exact) mass is 656 g/mol. The van der Waals surface area contributed by atoms with Crippen molar-refractivity contribution in [3.8, 4) is 0 Å². The Morgan fingerprint density at radius 2 is 1.54 bits per heavy atom. The molecule has 0 unspecified atom stereocenters. The lowest BCUT2D eigenvalue weighted by Crippen LogP contribution is -2.39. The number of alkyl halides is 6. The molecule has 0 fully saturated rings. The van der Waals surface area contributed by atoms with E-state index in [1.54, 1.807) is 18.2 Å². The van der Waals surface area contributed by atoms with E-state index in [0.29, 0.717) is 15.6 Å². The minimum absolute atomic E-state index is 0.0420. The summed E-state index contributed by atoms with van der Waals surface area (Å²) < 4.78 is 78.3. The zero-order valence-electron chi connectivity index (χ0n) is 17.2. The van der Waals surface area contributed by atoms with Crippen molar-refractivity contribution in [2.24, 2.45) is 0 Å². The van der Waals surface area contributed by atoms with E-state index >= 15 is 0 Å². The van der Waals surface area contributed by atoms with Crippen molar-refractivity contribution in [3.63, 3.8) is 0 Å². The van der Waals surface area contributed by atoms with E-state index in [-0.39, 0.29) is 43.6 Å². The van der Waals surface area contributed by atoms with Gasteiger partial charge in [-0.1, -0.05) is 93.4 Å². The Labute approximate surface area is 231 Å². The smallest absolute Gasteiger partial charge is 0.369 e. The van der Waals surface area contributed by atoms with Gasteiger partial charge in [-0.2, -0.15) is 26.3 Å². The van der Waals surface area contributed by atoms with E-state index in [2.05, 4.69) is 26.6 Å². The highest BCUT2D eigenvalue weighted by atomic mass is 79.9. The van der Waals surface area contributed by atoms with E-state index in [9.17, 15) is 26.3 Å². The molecule has 0 aliphatic heterocycles. The maximum absolute atomic E-state index is 13.7. The van der Waals surface area contributed by atoms with Crippen LogP contribution in [0.2, 0.25) is 15.1 Å². The molecular weight excluding hydrogens is 645 g/mol. The molecule has 0 atom stereocenters. The van der Waals surface area contributed by atoms with Crippen LogP contribution in [-0.4, -0.2) is 35.4 Å². The fraction of sp³-hybridized carbons (Fsp3) is 0.238. The van der Waals surface area contributed by atoms with Gasteiger partial charge in [-0.15, -0.1) is 0 Å². The number of allylic oxidation sites excluding steroid dienone is 2. The highest BCUT2D eigenvalue weighted by Crippen LogP contribution is 2.39. The van der Waals surface area contributed by atoms with Crippen molar-refractivity contribution in [2.45, 2.75) is 18.8 Å². The van der Waals surface area contributed by atoms with Crippen molar-refractivity contribution in [1.82, 2.24) is 10.6 Å². The molecule has 0 aromatic heterocycles. The predicted octanol–water partition coefficient (Wildman–Crippen LogP) is 8.34. The molecule has 35 heavy (non-hydrogen) atoms. The van der Waals surface area contributed by atoms with Crippen molar-refractivity contribution in [2.75, 3.05) is 13.1 Å². The third kappa shape index (κ3) is 9.36. The van der Waals surface area contributed by atoms with Gasteiger partial charge in [-0.05, 0) is 35.7 Å². The molecule has 0 spiro atoms. The third-order valence-electron chi connectivity index (χ3n) is 4.32. The molecular formula is C21H14BrCl3F6N2S2. The molecule has 2 aromatic rings. The quantitative estimate of drug-likeness (QED) is 0.178. The largest absolute Gasteiger partial charge is 0.416 e. The van der Waals surface area contributed by atoms with Crippen LogP contribution in [0.4, 0.5) is 26.3 Å². The SMILES string of the molecule is FC(F)(F)CNC(=S)CNC(=S)c1ccc(CC=C(c2cc(Cl)c(Cl)c(Cl)c2)C(F)(F)F)cc1Br. The topological polar surface area (TPSA) is 24.1 Å². The number of halogens is 10.